The van der Waals surface area contributed by atoms with Crippen LogP contribution in [-0.2, 0) is 4.79 Å². The first kappa shape index (κ1) is 14.4. The van der Waals surface area contributed by atoms with Crippen molar-refractivity contribution in [2.45, 2.75) is 6.42 Å². The highest BCUT2D eigenvalue weighted by atomic mass is 35.5. The van der Waals surface area contributed by atoms with E-state index in [1.807, 2.05) is 0 Å². The van der Waals surface area contributed by atoms with E-state index in [9.17, 15) is 4.79 Å². The molecule has 1 saturated heterocycles. The number of carbonyl (C=O) groups is 1. The maximum Gasteiger partial charge on any atom is 0.260 e. The summed E-state index contributed by atoms with van der Waals surface area (Å²) in [5.74, 6) is 0.780. The second-order valence-corrected chi connectivity index (χ2v) is 5.44. The highest BCUT2D eigenvalue weighted by molar-refractivity contribution is 6.34. The molecule has 1 aromatic carbocycles. The zero-order valence-electron chi connectivity index (χ0n) is 10.4. The van der Waals surface area contributed by atoms with Gasteiger partial charge in [0.1, 0.15) is 5.75 Å². The van der Waals surface area contributed by atoms with Gasteiger partial charge in [-0.3, -0.25) is 4.79 Å². The van der Waals surface area contributed by atoms with Gasteiger partial charge >= 0.3 is 0 Å². The molecule has 1 atom stereocenters. The van der Waals surface area contributed by atoms with E-state index in [2.05, 4.69) is 0 Å². The molecule has 1 heterocycles. The molecule has 104 valence electrons. The molecule has 1 aromatic rings. The van der Waals surface area contributed by atoms with Crippen molar-refractivity contribution >= 4 is 29.1 Å². The van der Waals surface area contributed by atoms with E-state index >= 15 is 0 Å². The SMILES string of the molecule is NC[C@@H]1CCN(C(=O)COc2cc(Cl)ccc2Cl)C1. The lowest BCUT2D eigenvalue weighted by Gasteiger charge is -2.17. The minimum atomic E-state index is -0.0491. The lowest BCUT2D eigenvalue weighted by atomic mass is 10.1. The van der Waals surface area contributed by atoms with Crippen LogP contribution in [0.5, 0.6) is 5.75 Å². The first-order chi connectivity index (χ1) is 9.10. The molecule has 0 unspecified atom stereocenters. The van der Waals surface area contributed by atoms with Gasteiger partial charge in [0.15, 0.2) is 6.61 Å². The van der Waals surface area contributed by atoms with Gasteiger partial charge in [-0.1, -0.05) is 23.2 Å². The largest absolute Gasteiger partial charge is 0.482 e. The molecular formula is C13H16Cl2N2O2. The van der Waals surface area contributed by atoms with Gasteiger partial charge in [0.05, 0.1) is 5.02 Å². The average molecular weight is 303 g/mol. The van der Waals surface area contributed by atoms with Crippen molar-refractivity contribution in [2.75, 3.05) is 26.2 Å². The summed E-state index contributed by atoms with van der Waals surface area (Å²) in [4.78, 5) is 13.7. The van der Waals surface area contributed by atoms with Crippen LogP contribution < -0.4 is 10.5 Å². The van der Waals surface area contributed by atoms with Gasteiger partial charge in [-0.25, -0.2) is 0 Å². The van der Waals surface area contributed by atoms with Crippen molar-refractivity contribution in [3.05, 3.63) is 28.2 Å². The number of nitrogens with zero attached hydrogens (tertiary/aromatic N) is 1. The van der Waals surface area contributed by atoms with Crippen LogP contribution in [0, 0.1) is 5.92 Å². The third-order valence-electron chi connectivity index (χ3n) is 3.22. The summed E-state index contributed by atoms with van der Waals surface area (Å²) in [6, 6.07) is 4.92. The minimum absolute atomic E-state index is 0.0304. The quantitative estimate of drug-likeness (QED) is 0.927. The van der Waals surface area contributed by atoms with E-state index in [0.717, 1.165) is 13.0 Å². The van der Waals surface area contributed by atoms with Gasteiger partial charge in [-0.15, -0.1) is 0 Å². The van der Waals surface area contributed by atoms with Crippen molar-refractivity contribution in [3.8, 4) is 5.75 Å². The van der Waals surface area contributed by atoms with E-state index < -0.39 is 0 Å². The van der Waals surface area contributed by atoms with Crippen molar-refractivity contribution in [1.82, 2.24) is 4.90 Å². The minimum Gasteiger partial charge on any atom is -0.482 e. The molecule has 1 aliphatic heterocycles. The predicted molar refractivity (Wildman–Crippen MR) is 75.7 cm³/mol. The third-order valence-corrected chi connectivity index (χ3v) is 3.76. The van der Waals surface area contributed by atoms with Crippen LogP contribution in [0.4, 0.5) is 0 Å². The number of rotatable bonds is 4. The number of carbonyl (C=O) groups excluding carboxylic acids is 1. The maximum absolute atomic E-state index is 12.0. The number of ether oxygens (including phenoxy) is 1. The Bertz CT molecular complexity index is 468. The molecule has 6 heteroatoms. The molecule has 1 amide bonds. The molecule has 1 fully saturated rings. The molecule has 0 bridgehead atoms. The molecule has 2 rings (SSSR count). The molecular weight excluding hydrogens is 287 g/mol. The normalized spacial score (nSPS) is 18.7. The number of hydrogen-bond acceptors (Lipinski definition) is 3. The molecule has 1 aliphatic rings. The lowest BCUT2D eigenvalue weighted by molar-refractivity contribution is -0.132. The van der Waals surface area contributed by atoms with Crippen LogP contribution >= 0.6 is 23.2 Å². The number of benzene rings is 1. The Hall–Kier alpha value is -0.970. The highest BCUT2D eigenvalue weighted by Crippen LogP contribution is 2.27. The van der Waals surface area contributed by atoms with E-state index in [1.165, 1.54) is 0 Å². The number of likely N-dealkylation sites (tertiary alicyclic amines) is 1. The predicted octanol–water partition coefficient (Wildman–Crippen LogP) is 2.18. The molecule has 2 N–H and O–H groups in total. The summed E-state index contributed by atoms with van der Waals surface area (Å²) < 4.78 is 5.42. The summed E-state index contributed by atoms with van der Waals surface area (Å²) in [6.45, 7) is 2.04. The maximum atomic E-state index is 12.0. The number of halogens is 2. The van der Waals surface area contributed by atoms with E-state index in [-0.39, 0.29) is 12.5 Å². The second-order valence-electron chi connectivity index (χ2n) is 4.59. The molecule has 0 aromatic heterocycles. The summed E-state index contributed by atoms with van der Waals surface area (Å²) in [6.07, 6.45) is 0.958. The van der Waals surface area contributed by atoms with Crippen LogP contribution in [0.15, 0.2) is 18.2 Å². The third kappa shape index (κ3) is 3.75. The molecule has 19 heavy (non-hydrogen) atoms. The number of amides is 1. The van der Waals surface area contributed by atoms with Crippen LogP contribution in [0.2, 0.25) is 10.0 Å². The molecule has 0 saturated carbocycles. The first-order valence-electron chi connectivity index (χ1n) is 6.16. The van der Waals surface area contributed by atoms with Crippen molar-refractivity contribution in [3.63, 3.8) is 0 Å². The van der Waals surface area contributed by atoms with E-state index in [0.29, 0.717) is 34.8 Å². The Kier molecular flexibility index (Phi) is 4.91. The second kappa shape index (κ2) is 6.46. The van der Waals surface area contributed by atoms with E-state index in [1.54, 1.807) is 23.1 Å². The monoisotopic (exact) mass is 302 g/mol. The smallest absolute Gasteiger partial charge is 0.260 e. The number of hydrogen-bond donors (Lipinski definition) is 1. The Morgan fingerprint density at radius 1 is 1.47 bits per heavy atom. The zero-order chi connectivity index (χ0) is 13.8. The molecule has 4 nitrogen and oxygen atoms in total. The Morgan fingerprint density at radius 2 is 2.26 bits per heavy atom. The fraction of sp³-hybridized carbons (Fsp3) is 0.462. The Balaban J connectivity index is 1.88. The fourth-order valence-electron chi connectivity index (χ4n) is 2.07. The average Bonchev–Trinajstić information content (AvgIpc) is 2.88. The van der Waals surface area contributed by atoms with Crippen molar-refractivity contribution in [2.24, 2.45) is 11.7 Å². The van der Waals surface area contributed by atoms with Gasteiger partial charge in [0.25, 0.3) is 5.91 Å². The van der Waals surface area contributed by atoms with Gasteiger partial charge in [0.2, 0.25) is 0 Å². The van der Waals surface area contributed by atoms with Crippen LogP contribution in [0.3, 0.4) is 0 Å². The van der Waals surface area contributed by atoms with Crippen LogP contribution in [-0.4, -0.2) is 37.0 Å². The van der Waals surface area contributed by atoms with Crippen LogP contribution in [0.1, 0.15) is 6.42 Å². The molecule has 0 radical (unpaired) electrons. The standard InChI is InChI=1S/C13H16Cl2N2O2/c14-10-1-2-11(15)12(5-10)19-8-13(18)17-4-3-9(6-16)7-17/h1-2,5,9H,3-4,6-8,16H2/t9-/m0/s1. The van der Waals surface area contributed by atoms with Crippen LogP contribution in [0.25, 0.3) is 0 Å². The molecule has 0 spiro atoms. The lowest BCUT2D eigenvalue weighted by Crippen LogP contribution is -2.33. The topological polar surface area (TPSA) is 55.6 Å². The van der Waals surface area contributed by atoms with E-state index in [4.69, 9.17) is 33.7 Å². The van der Waals surface area contributed by atoms with Crippen molar-refractivity contribution in [1.29, 1.82) is 0 Å². The summed E-state index contributed by atoms with van der Waals surface area (Å²) in [7, 11) is 0. The summed E-state index contributed by atoms with van der Waals surface area (Å²) in [5.41, 5.74) is 5.60. The first-order valence-corrected chi connectivity index (χ1v) is 6.91. The van der Waals surface area contributed by atoms with Gasteiger partial charge in [0, 0.05) is 24.2 Å². The Morgan fingerprint density at radius 3 is 2.95 bits per heavy atom. The Labute approximate surface area is 122 Å². The molecule has 0 aliphatic carbocycles. The summed E-state index contributed by atoms with van der Waals surface area (Å²) in [5, 5.41) is 0.967. The van der Waals surface area contributed by atoms with Gasteiger partial charge < -0.3 is 15.4 Å². The fourth-order valence-corrected chi connectivity index (χ4v) is 2.40. The zero-order valence-corrected chi connectivity index (χ0v) is 12.0. The van der Waals surface area contributed by atoms with Crippen molar-refractivity contribution < 1.29 is 9.53 Å². The highest BCUT2D eigenvalue weighted by Gasteiger charge is 2.25. The van der Waals surface area contributed by atoms with Gasteiger partial charge in [-0.2, -0.15) is 0 Å². The van der Waals surface area contributed by atoms with Gasteiger partial charge in [-0.05, 0) is 31.0 Å². The number of nitrogens with two attached hydrogens (primary N) is 1. The summed E-state index contributed by atoms with van der Waals surface area (Å²) >= 11 is 11.8.